The highest BCUT2D eigenvalue weighted by molar-refractivity contribution is 5.01. The maximum atomic E-state index is 5.00. The van der Waals surface area contributed by atoms with Crippen molar-refractivity contribution in [3.63, 3.8) is 0 Å². The molecule has 16 heavy (non-hydrogen) atoms. The van der Waals surface area contributed by atoms with Crippen LogP contribution < -0.4 is 5.32 Å². The molecule has 2 unspecified atom stereocenters. The number of hydrogen-bond donors (Lipinski definition) is 1. The molecular formula is C13H26N2O. The molecule has 2 aliphatic carbocycles. The van der Waals surface area contributed by atoms with E-state index in [2.05, 4.69) is 17.3 Å². The SMILES string of the molecule is COCCNCCN(C)CC1C2CCCC21. The van der Waals surface area contributed by atoms with E-state index in [1.807, 2.05) is 0 Å². The van der Waals surface area contributed by atoms with E-state index in [4.69, 9.17) is 4.74 Å². The van der Waals surface area contributed by atoms with Crippen LogP contribution in [0.5, 0.6) is 0 Å². The summed E-state index contributed by atoms with van der Waals surface area (Å²) < 4.78 is 5.00. The Labute approximate surface area is 99.5 Å². The molecule has 0 saturated heterocycles. The number of likely N-dealkylation sites (N-methyl/N-ethyl adjacent to an activating group) is 1. The predicted octanol–water partition coefficient (Wildman–Crippen LogP) is 1.20. The first kappa shape index (κ1) is 12.3. The lowest BCUT2D eigenvalue weighted by Gasteiger charge is -2.17. The van der Waals surface area contributed by atoms with Crippen molar-refractivity contribution in [1.29, 1.82) is 0 Å². The van der Waals surface area contributed by atoms with Gasteiger partial charge >= 0.3 is 0 Å². The minimum Gasteiger partial charge on any atom is -0.383 e. The third kappa shape index (κ3) is 3.19. The number of hydrogen-bond acceptors (Lipinski definition) is 3. The highest BCUT2D eigenvalue weighted by Gasteiger charge is 2.52. The van der Waals surface area contributed by atoms with Gasteiger partial charge in [0, 0.05) is 33.3 Å². The molecule has 0 aliphatic heterocycles. The highest BCUT2D eigenvalue weighted by atomic mass is 16.5. The Bertz CT molecular complexity index is 200. The first-order valence-electron chi connectivity index (χ1n) is 6.71. The van der Waals surface area contributed by atoms with E-state index in [1.54, 1.807) is 7.11 Å². The summed E-state index contributed by atoms with van der Waals surface area (Å²) in [5, 5.41) is 3.39. The van der Waals surface area contributed by atoms with Crippen LogP contribution in [0.3, 0.4) is 0 Å². The van der Waals surface area contributed by atoms with Gasteiger partial charge in [-0.3, -0.25) is 0 Å². The van der Waals surface area contributed by atoms with Crippen LogP contribution in [0.15, 0.2) is 0 Å². The molecule has 1 N–H and O–H groups in total. The average Bonchev–Trinajstić information content (AvgIpc) is 2.75. The van der Waals surface area contributed by atoms with E-state index in [0.717, 1.165) is 37.5 Å². The third-order valence-corrected chi connectivity index (χ3v) is 4.26. The Kier molecular flexibility index (Phi) is 4.62. The lowest BCUT2D eigenvalue weighted by atomic mass is 10.1. The summed E-state index contributed by atoms with van der Waals surface area (Å²) in [6.45, 7) is 5.36. The minimum atomic E-state index is 0.816. The molecule has 2 fully saturated rings. The Hall–Kier alpha value is -0.120. The van der Waals surface area contributed by atoms with Crippen molar-refractivity contribution in [3.8, 4) is 0 Å². The summed E-state index contributed by atoms with van der Waals surface area (Å²) in [6.07, 6.45) is 4.51. The molecule has 0 aromatic rings. The molecule has 2 atom stereocenters. The third-order valence-electron chi connectivity index (χ3n) is 4.26. The summed E-state index contributed by atoms with van der Waals surface area (Å²) in [7, 11) is 4.01. The van der Waals surface area contributed by atoms with Crippen LogP contribution in [0.1, 0.15) is 19.3 Å². The molecule has 2 aliphatic rings. The van der Waals surface area contributed by atoms with Gasteiger partial charge in [-0.2, -0.15) is 0 Å². The Morgan fingerprint density at radius 2 is 2.00 bits per heavy atom. The van der Waals surface area contributed by atoms with E-state index in [1.165, 1.54) is 32.4 Å². The molecule has 94 valence electrons. The zero-order valence-electron chi connectivity index (χ0n) is 10.7. The van der Waals surface area contributed by atoms with Crippen molar-refractivity contribution in [2.75, 3.05) is 46.9 Å². The normalized spacial score (nSPS) is 32.1. The molecule has 0 heterocycles. The van der Waals surface area contributed by atoms with Crippen molar-refractivity contribution in [2.45, 2.75) is 19.3 Å². The van der Waals surface area contributed by atoms with Crippen molar-refractivity contribution in [3.05, 3.63) is 0 Å². The maximum absolute atomic E-state index is 5.00. The second kappa shape index (κ2) is 5.99. The van der Waals surface area contributed by atoms with E-state index in [9.17, 15) is 0 Å². The maximum Gasteiger partial charge on any atom is 0.0587 e. The number of methoxy groups -OCH3 is 1. The van der Waals surface area contributed by atoms with Gasteiger partial charge in [0.25, 0.3) is 0 Å². The fraction of sp³-hybridized carbons (Fsp3) is 1.00. The van der Waals surface area contributed by atoms with Gasteiger partial charge in [-0.15, -0.1) is 0 Å². The molecule has 0 aromatic heterocycles. The number of nitrogens with zero attached hydrogens (tertiary/aromatic N) is 1. The van der Waals surface area contributed by atoms with Crippen LogP contribution in [0.25, 0.3) is 0 Å². The molecule has 0 spiro atoms. The van der Waals surface area contributed by atoms with Gasteiger partial charge in [0.15, 0.2) is 0 Å². The van der Waals surface area contributed by atoms with Gasteiger partial charge in [0.1, 0.15) is 0 Å². The summed E-state index contributed by atoms with van der Waals surface area (Å²) in [6, 6.07) is 0. The standard InChI is InChI=1S/C13H26N2O/c1-15(8-6-14-7-9-16-2)10-13-11-4-3-5-12(11)13/h11-14H,3-10H2,1-2H3. The zero-order chi connectivity index (χ0) is 11.4. The Morgan fingerprint density at radius 3 is 2.69 bits per heavy atom. The zero-order valence-corrected chi connectivity index (χ0v) is 10.7. The monoisotopic (exact) mass is 226 g/mol. The summed E-state index contributed by atoms with van der Waals surface area (Å²) in [4.78, 5) is 2.49. The molecule has 3 nitrogen and oxygen atoms in total. The van der Waals surface area contributed by atoms with Gasteiger partial charge < -0.3 is 15.0 Å². The molecular weight excluding hydrogens is 200 g/mol. The summed E-state index contributed by atoms with van der Waals surface area (Å²) in [5.41, 5.74) is 0. The van der Waals surface area contributed by atoms with Gasteiger partial charge in [0.05, 0.1) is 6.61 Å². The second-order valence-corrected chi connectivity index (χ2v) is 5.43. The molecule has 2 rings (SSSR count). The highest BCUT2D eigenvalue weighted by Crippen LogP contribution is 2.57. The van der Waals surface area contributed by atoms with Crippen LogP contribution in [0.4, 0.5) is 0 Å². The van der Waals surface area contributed by atoms with Gasteiger partial charge in [-0.05, 0) is 37.6 Å². The minimum absolute atomic E-state index is 0.816. The van der Waals surface area contributed by atoms with E-state index in [-0.39, 0.29) is 0 Å². The van der Waals surface area contributed by atoms with E-state index >= 15 is 0 Å². The fourth-order valence-corrected chi connectivity index (χ4v) is 3.26. The fourth-order valence-electron chi connectivity index (χ4n) is 3.26. The van der Waals surface area contributed by atoms with Gasteiger partial charge in [-0.1, -0.05) is 6.42 Å². The lowest BCUT2D eigenvalue weighted by molar-refractivity contribution is 0.197. The number of nitrogens with one attached hydrogen (secondary N) is 1. The average molecular weight is 226 g/mol. The predicted molar refractivity (Wildman–Crippen MR) is 66.6 cm³/mol. The van der Waals surface area contributed by atoms with Crippen LogP contribution in [-0.4, -0.2) is 51.8 Å². The lowest BCUT2D eigenvalue weighted by Crippen LogP contribution is -2.32. The second-order valence-electron chi connectivity index (χ2n) is 5.43. The van der Waals surface area contributed by atoms with Crippen LogP contribution in [0, 0.1) is 17.8 Å². The topological polar surface area (TPSA) is 24.5 Å². The number of fused-ring (bicyclic) bond motifs is 1. The van der Waals surface area contributed by atoms with Crippen molar-refractivity contribution in [1.82, 2.24) is 10.2 Å². The largest absolute Gasteiger partial charge is 0.383 e. The van der Waals surface area contributed by atoms with Gasteiger partial charge in [0.2, 0.25) is 0 Å². The van der Waals surface area contributed by atoms with Crippen LogP contribution >= 0.6 is 0 Å². The van der Waals surface area contributed by atoms with Crippen molar-refractivity contribution in [2.24, 2.45) is 17.8 Å². The van der Waals surface area contributed by atoms with Crippen molar-refractivity contribution >= 4 is 0 Å². The summed E-state index contributed by atoms with van der Waals surface area (Å²) in [5.74, 6) is 3.24. The van der Waals surface area contributed by atoms with Crippen LogP contribution in [-0.2, 0) is 4.74 Å². The first-order chi connectivity index (χ1) is 7.83. The van der Waals surface area contributed by atoms with E-state index in [0.29, 0.717) is 0 Å². The summed E-state index contributed by atoms with van der Waals surface area (Å²) >= 11 is 0. The van der Waals surface area contributed by atoms with Gasteiger partial charge in [-0.25, -0.2) is 0 Å². The smallest absolute Gasteiger partial charge is 0.0587 e. The Morgan fingerprint density at radius 1 is 1.25 bits per heavy atom. The quantitative estimate of drug-likeness (QED) is 0.629. The first-order valence-corrected chi connectivity index (χ1v) is 6.71. The number of ether oxygens (including phenoxy) is 1. The van der Waals surface area contributed by atoms with Crippen LogP contribution in [0.2, 0.25) is 0 Å². The molecule has 0 amide bonds. The molecule has 0 radical (unpaired) electrons. The molecule has 0 bridgehead atoms. The van der Waals surface area contributed by atoms with Crippen molar-refractivity contribution < 1.29 is 4.74 Å². The molecule has 3 heteroatoms. The van der Waals surface area contributed by atoms with E-state index < -0.39 is 0 Å². The Balaban J connectivity index is 1.47. The molecule has 0 aromatic carbocycles. The number of rotatable bonds is 8. The molecule has 2 saturated carbocycles.